The average Bonchev–Trinajstić information content (AvgIpc) is 3.05. The van der Waals surface area contributed by atoms with Gasteiger partial charge in [0.1, 0.15) is 12.3 Å². The lowest BCUT2D eigenvalue weighted by Crippen LogP contribution is -2.62. The molecule has 2 aliphatic rings. The van der Waals surface area contributed by atoms with Gasteiger partial charge in [-0.05, 0) is 46.6 Å². The molecule has 1 aromatic heterocycles. The molecule has 177 valence electrons. The van der Waals surface area contributed by atoms with Crippen molar-refractivity contribution in [2.45, 2.75) is 82.5 Å². The second-order valence-electron chi connectivity index (χ2n) is 9.73. The molecule has 3 heterocycles. The van der Waals surface area contributed by atoms with Gasteiger partial charge in [0, 0.05) is 35.8 Å². The van der Waals surface area contributed by atoms with Crippen LogP contribution in [-0.4, -0.2) is 66.7 Å². The zero-order valence-electron chi connectivity index (χ0n) is 18.7. The average molecular weight is 452 g/mol. The molecule has 0 unspecified atom stereocenters. The summed E-state index contributed by atoms with van der Waals surface area (Å²) in [5.41, 5.74) is -2.60. The summed E-state index contributed by atoms with van der Waals surface area (Å²) >= 11 is 0. The van der Waals surface area contributed by atoms with Gasteiger partial charge in [0.15, 0.2) is 0 Å². The number of amides is 1. The minimum absolute atomic E-state index is 0.0559. The van der Waals surface area contributed by atoms with Gasteiger partial charge < -0.3 is 20.3 Å². The lowest BCUT2D eigenvalue weighted by Gasteiger charge is -2.49. The van der Waals surface area contributed by atoms with Gasteiger partial charge in [-0.25, -0.2) is 4.79 Å². The van der Waals surface area contributed by atoms with Crippen molar-refractivity contribution in [2.75, 3.05) is 6.61 Å². The maximum Gasteiger partial charge on any atom is 0.330 e. The number of nitrogens with one attached hydrogen (secondary N) is 2. The molecule has 0 bridgehead atoms. The number of piperidine rings is 1. The molecule has 3 atom stereocenters. The highest BCUT2D eigenvalue weighted by Gasteiger charge is 2.46. The largest absolute Gasteiger partial charge is 0.394 e. The van der Waals surface area contributed by atoms with E-state index in [0.717, 1.165) is 9.63 Å². The van der Waals surface area contributed by atoms with Crippen molar-refractivity contribution >= 4 is 12.0 Å². The number of hydrogen-bond acceptors (Lipinski definition) is 7. The predicted molar refractivity (Wildman–Crippen MR) is 114 cm³/mol. The maximum absolute atomic E-state index is 12.5. The van der Waals surface area contributed by atoms with E-state index in [1.54, 1.807) is 0 Å². The first-order valence-corrected chi connectivity index (χ1v) is 10.6. The number of carbonyl (C=O) groups is 1. The Balaban J connectivity index is 1.73. The molecule has 11 heteroatoms. The molecule has 0 saturated carbocycles. The Morgan fingerprint density at radius 3 is 2.47 bits per heavy atom. The zero-order valence-corrected chi connectivity index (χ0v) is 18.7. The molecule has 1 aromatic rings. The molecule has 4 N–H and O–H groups in total. The van der Waals surface area contributed by atoms with Crippen LogP contribution >= 0.6 is 0 Å². The summed E-state index contributed by atoms with van der Waals surface area (Å²) in [6, 6.07) is -0.210. The van der Waals surface area contributed by atoms with Crippen molar-refractivity contribution in [3.05, 3.63) is 38.7 Å². The van der Waals surface area contributed by atoms with Crippen molar-refractivity contribution in [3.8, 4) is 0 Å². The Hall–Kier alpha value is -2.31. The smallest absolute Gasteiger partial charge is 0.330 e. The molecule has 2 aliphatic heterocycles. The minimum atomic E-state index is -0.942. The first-order chi connectivity index (χ1) is 14.8. The molecular formula is C21H31N4O7. The molecule has 0 aliphatic carbocycles. The van der Waals surface area contributed by atoms with E-state index in [-0.39, 0.29) is 18.0 Å². The number of hydroxylamine groups is 2. The first kappa shape index (κ1) is 24.3. The van der Waals surface area contributed by atoms with E-state index in [2.05, 4.69) is 10.3 Å². The molecule has 1 amide bonds. The lowest BCUT2D eigenvalue weighted by atomic mass is 9.79. The number of aliphatic hydroxyl groups is 2. The second kappa shape index (κ2) is 8.91. The van der Waals surface area contributed by atoms with Crippen LogP contribution in [0.2, 0.25) is 0 Å². The van der Waals surface area contributed by atoms with Gasteiger partial charge in [0.05, 0.1) is 18.3 Å². The molecule has 3 rings (SSSR count). The van der Waals surface area contributed by atoms with E-state index in [1.807, 2.05) is 27.7 Å². The highest BCUT2D eigenvalue weighted by atomic mass is 16.5. The fraction of sp³-hybridized carbons (Fsp3) is 0.667. The van der Waals surface area contributed by atoms with E-state index in [1.165, 1.54) is 18.3 Å². The maximum atomic E-state index is 12.5. The SMILES string of the molecule is CC1(C)CC(NC(=O)/C=C/c2cn([C@H]3C[C@H](O)[C@@H](CO)O3)c(=O)[nH]c2=O)CC(C)(C)N1[O]. The first-order valence-electron chi connectivity index (χ1n) is 10.6. The van der Waals surface area contributed by atoms with Crippen molar-refractivity contribution < 1.29 is 25.0 Å². The van der Waals surface area contributed by atoms with Crippen molar-refractivity contribution in [1.29, 1.82) is 0 Å². The zero-order chi connectivity index (χ0) is 23.8. The van der Waals surface area contributed by atoms with Gasteiger partial charge >= 0.3 is 5.69 Å². The van der Waals surface area contributed by atoms with Crippen LogP contribution in [0.15, 0.2) is 21.9 Å². The van der Waals surface area contributed by atoms with Gasteiger partial charge in [0.25, 0.3) is 5.56 Å². The van der Waals surface area contributed by atoms with Crippen LogP contribution in [0.25, 0.3) is 6.08 Å². The lowest BCUT2D eigenvalue weighted by molar-refractivity contribution is -0.289. The van der Waals surface area contributed by atoms with Crippen LogP contribution in [0, 0.1) is 0 Å². The van der Waals surface area contributed by atoms with Crippen LogP contribution < -0.4 is 16.6 Å². The number of aliphatic hydroxyl groups excluding tert-OH is 2. The van der Waals surface area contributed by atoms with Gasteiger partial charge in [-0.2, -0.15) is 0 Å². The van der Waals surface area contributed by atoms with E-state index in [0.29, 0.717) is 12.8 Å². The van der Waals surface area contributed by atoms with Crippen LogP contribution in [0.3, 0.4) is 0 Å². The van der Waals surface area contributed by atoms with Gasteiger partial charge in [-0.1, -0.05) is 0 Å². The quantitative estimate of drug-likeness (QED) is 0.447. The van der Waals surface area contributed by atoms with Crippen LogP contribution in [0.4, 0.5) is 0 Å². The fourth-order valence-electron chi connectivity index (χ4n) is 4.66. The normalized spacial score (nSPS) is 28.3. The number of hydrogen-bond donors (Lipinski definition) is 4. The molecule has 1 radical (unpaired) electrons. The van der Waals surface area contributed by atoms with Crippen molar-refractivity contribution in [1.82, 2.24) is 19.9 Å². The van der Waals surface area contributed by atoms with Crippen molar-refractivity contribution in [3.63, 3.8) is 0 Å². The minimum Gasteiger partial charge on any atom is -0.394 e. The number of nitrogens with zero attached hydrogens (tertiary/aromatic N) is 2. The Morgan fingerprint density at radius 2 is 1.91 bits per heavy atom. The molecule has 0 aromatic carbocycles. The highest BCUT2D eigenvalue weighted by Crippen LogP contribution is 2.37. The van der Waals surface area contributed by atoms with Crippen LogP contribution in [0.5, 0.6) is 0 Å². The van der Waals surface area contributed by atoms with E-state index in [9.17, 15) is 29.8 Å². The summed E-state index contributed by atoms with van der Waals surface area (Å²) in [6.07, 6.45) is 2.17. The topological polar surface area (TPSA) is 157 Å². The highest BCUT2D eigenvalue weighted by molar-refractivity contribution is 5.91. The van der Waals surface area contributed by atoms with Gasteiger partial charge in [-0.15, -0.1) is 10.3 Å². The third kappa shape index (κ3) is 5.02. The Kier molecular flexibility index (Phi) is 6.78. The monoisotopic (exact) mass is 451 g/mol. The van der Waals surface area contributed by atoms with Crippen LogP contribution in [-0.2, 0) is 14.7 Å². The predicted octanol–water partition coefficient (Wildman–Crippen LogP) is -0.326. The molecule has 2 saturated heterocycles. The Labute approximate surface area is 185 Å². The second-order valence-corrected chi connectivity index (χ2v) is 9.73. The molecule has 11 nitrogen and oxygen atoms in total. The molecule has 2 fully saturated rings. The third-order valence-electron chi connectivity index (χ3n) is 6.04. The summed E-state index contributed by atoms with van der Waals surface area (Å²) in [6.45, 7) is 6.94. The number of ether oxygens (including phenoxy) is 1. The Bertz CT molecular complexity index is 979. The summed E-state index contributed by atoms with van der Waals surface area (Å²) in [5, 5.41) is 35.5. The number of aromatic amines is 1. The summed E-state index contributed by atoms with van der Waals surface area (Å²) in [5.74, 6) is -0.425. The van der Waals surface area contributed by atoms with Gasteiger partial charge in [0.2, 0.25) is 5.91 Å². The number of carbonyl (C=O) groups excluding carboxylic acids is 1. The molecular weight excluding hydrogens is 420 g/mol. The summed E-state index contributed by atoms with van der Waals surface area (Å²) < 4.78 is 6.58. The van der Waals surface area contributed by atoms with E-state index in [4.69, 9.17) is 4.74 Å². The van der Waals surface area contributed by atoms with E-state index >= 15 is 0 Å². The molecule has 32 heavy (non-hydrogen) atoms. The molecule has 0 spiro atoms. The van der Waals surface area contributed by atoms with Crippen LogP contribution in [0.1, 0.15) is 58.7 Å². The third-order valence-corrected chi connectivity index (χ3v) is 6.04. The summed E-state index contributed by atoms with van der Waals surface area (Å²) in [4.78, 5) is 39.0. The number of aromatic nitrogens is 2. The van der Waals surface area contributed by atoms with E-state index < -0.39 is 53.3 Å². The number of H-pyrrole nitrogens is 1. The Morgan fingerprint density at radius 1 is 1.28 bits per heavy atom. The van der Waals surface area contributed by atoms with Crippen molar-refractivity contribution in [2.24, 2.45) is 0 Å². The number of rotatable bonds is 5. The summed E-state index contributed by atoms with van der Waals surface area (Å²) in [7, 11) is 0. The van der Waals surface area contributed by atoms with Gasteiger partial charge in [-0.3, -0.25) is 19.1 Å². The standard InChI is InChI=1S/C21H31N4O7/c1-20(2)8-13(9-21(3,4)25(20)31)22-16(28)6-5-12-10-24(19(30)23-18(12)29)17-7-14(27)15(11-26)32-17/h5-6,10,13-15,17,26-27H,7-9,11H2,1-4H3,(H,22,28)(H,23,29,30)/b6-5+/t14-,15+,17+/m0/s1. The fourth-order valence-corrected chi connectivity index (χ4v) is 4.66.